The Morgan fingerprint density at radius 3 is 2.58 bits per heavy atom. The van der Waals surface area contributed by atoms with Gasteiger partial charge >= 0.3 is 6.18 Å². The van der Waals surface area contributed by atoms with E-state index >= 15 is 0 Å². The second kappa shape index (κ2) is 9.49. The molecule has 9 heteroatoms. The van der Waals surface area contributed by atoms with Gasteiger partial charge in [-0.1, -0.05) is 60.4 Å². The van der Waals surface area contributed by atoms with Gasteiger partial charge in [-0.2, -0.15) is 13.2 Å². The van der Waals surface area contributed by atoms with Crippen LogP contribution < -0.4 is 0 Å². The van der Waals surface area contributed by atoms with Crippen molar-refractivity contribution in [3.05, 3.63) is 69.2 Å². The van der Waals surface area contributed by atoms with Crippen molar-refractivity contribution < 1.29 is 22.8 Å². The minimum atomic E-state index is -4.44. The smallest absolute Gasteiger partial charge is 0.390 e. The van der Waals surface area contributed by atoms with Crippen molar-refractivity contribution in [2.45, 2.75) is 39.1 Å². The van der Waals surface area contributed by atoms with Crippen LogP contribution in [0.2, 0.25) is 10.0 Å². The molecule has 0 aliphatic carbocycles. The zero-order valence-electron chi connectivity index (χ0n) is 16.9. The number of hydrogen-bond donors (Lipinski definition) is 0. The van der Waals surface area contributed by atoms with Gasteiger partial charge < -0.3 is 9.74 Å². The summed E-state index contributed by atoms with van der Waals surface area (Å²) in [5.41, 5.74) is 1.08. The molecule has 0 spiro atoms. The van der Waals surface area contributed by atoms with Crippen molar-refractivity contribution in [3.8, 4) is 0 Å². The number of carbonyl (C=O) groups excluding carboxylic acids is 1. The van der Waals surface area contributed by atoms with Crippen LogP contribution in [-0.2, 0) is 22.4 Å². The second-order valence-corrected chi connectivity index (χ2v) is 8.48. The van der Waals surface area contributed by atoms with Gasteiger partial charge in [-0.25, -0.2) is 0 Å². The van der Waals surface area contributed by atoms with Gasteiger partial charge in [0.2, 0.25) is 5.91 Å². The van der Waals surface area contributed by atoms with Gasteiger partial charge in [0.25, 0.3) is 0 Å². The Labute approximate surface area is 188 Å². The Balaban J connectivity index is 1.73. The van der Waals surface area contributed by atoms with Crippen LogP contribution >= 0.6 is 23.2 Å². The minimum Gasteiger partial charge on any atom is -0.390 e. The Morgan fingerprint density at radius 2 is 1.94 bits per heavy atom. The number of oxime groups is 1. The third-order valence-corrected chi connectivity index (χ3v) is 5.58. The molecule has 1 aliphatic rings. The van der Waals surface area contributed by atoms with E-state index in [-0.39, 0.29) is 24.9 Å². The molecule has 1 heterocycles. The molecule has 1 atom stereocenters. The number of benzene rings is 2. The van der Waals surface area contributed by atoms with Crippen LogP contribution in [0.15, 0.2) is 47.6 Å². The maximum atomic E-state index is 13.0. The van der Waals surface area contributed by atoms with Crippen LogP contribution in [0.1, 0.15) is 37.0 Å². The van der Waals surface area contributed by atoms with E-state index < -0.39 is 17.8 Å². The number of rotatable bonds is 6. The van der Waals surface area contributed by atoms with E-state index in [1.807, 2.05) is 0 Å². The molecule has 0 saturated heterocycles. The van der Waals surface area contributed by atoms with Gasteiger partial charge in [-0.15, -0.1) is 0 Å². The highest BCUT2D eigenvalue weighted by atomic mass is 35.5. The van der Waals surface area contributed by atoms with Crippen LogP contribution in [0.4, 0.5) is 13.2 Å². The molecule has 0 bridgehead atoms. The van der Waals surface area contributed by atoms with Gasteiger partial charge in [0, 0.05) is 24.4 Å². The second-order valence-electron chi connectivity index (χ2n) is 7.67. The number of hydrogen-bond acceptors (Lipinski definition) is 3. The fourth-order valence-electron chi connectivity index (χ4n) is 3.28. The van der Waals surface area contributed by atoms with Gasteiger partial charge in [-0.3, -0.25) is 4.79 Å². The zero-order chi connectivity index (χ0) is 22.8. The molecular formula is C22H21Cl2F3N2O2. The van der Waals surface area contributed by atoms with E-state index in [0.717, 1.165) is 17.7 Å². The Hall–Kier alpha value is -2.25. The number of nitrogens with zero attached hydrogens (tertiary/aromatic N) is 2. The number of carbonyl (C=O) groups is 1. The first-order valence-corrected chi connectivity index (χ1v) is 10.4. The quantitative estimate of drug-likeness (QED) is 0.502. The topological polar surface area (TPSA) is 41.9 Å². The van der Waals surface area contributed by atoms with E-state index in [0.29, 0.717) is 27.7 Å². The normalized spacial score (nSPS) is 16.3. The lowest BCUT2D eigenvalue weighted by molar-refractivity contribution is -0.137. The summed E-state index contributed by atoms with van der Waals surface area (Å²) in [6.45, 7) is 3.73. The minimum absolute atomic E-state index is 0.0445. The fourth-order valence-corrected chi connectivity index (χ4v) is 3.58. The van der Waals surface area contributed by atoms with Gasteiger partial charge in [0.05, 0.1) is 27.9 Å². The molecule has 2 aromatic carbocycles. The molecule has 1 amide bonds. The van der Waals surface area contributed by atoms with E-state index in [1.54, 1.807) is 38.1 Å². The van der Waals surface area contributed by atoms with Crippen LogP contribution in [0.25, 0.3) is 0 Å². The first-order chi connectivity index (χ1) is 14.5. The third-order valence-electron chi connectivity index (χ3n) is 4.84. The number of halogens is 5. The molecule has 0 saturated carbocycles. The maximum absolute atomic E-state index is 13.0. The standard InChI is InChI=1S/C22H21Cl2F3N2O2/c1-13(2)21(30)29(11-14-4-3-5-16(8-14)22(25,26)27)12-17-10-20(28-31-17)15-6-7-18(23)19(24)9-15/h3-9,13,17H,10-12H2,1-2H3/t17-/m0/s1. The molecule has 0 radical (unpaired) electrons. The SMILES string of the molecule is CC(C)C(=O)N(Cc1cccc(C(F)(F)F)c1)C[C@@H]1CC(c2ccc(Cl)c(Cl)c2)=NO1. The zero-order valence-corrected chi connectivity index (χ0v) is 18.4. The summed E-state index contributed by atoms with van der Waals surface area (Å²) in [4.78, 5) is 19.7. The molecule has 1 aliphatic heterocycles. The van der Waals surface area contributed by atoms with Crippen LogP contribution in [-0.4, -0.2) is 29.2 Å². The maximum Gasteiger partial charge on any atom is 0.416 e. The van der Waals surface area contributed by atoms with E-state index in [9.17, 15) is 18.0 Å². The Kier molecular flexibility index (Phi) is 7.17. The molecule has 0 fully saturated rings. The van der Waals surface area contributed by atoms with Gasteiger partial charge in [-0.05, 0) is 29.8 Å². The monoisotopic (exact) mass is 472 g/mol. The number of amides is 1. The van der Waals surface area contributed by atoms with Crippen molar-refractivity contribution in [3.63, 3.8) is 0 Å². The third kappa shape index (κ3) is 5.92. The highest BCUT2D eigenvalue weighted by Crippen LogP contribution is 2.30. The van der Waals surface area contributed by atoms with Gasteiger partial charge in [0.1, 0.15) is 0 Å². The molecule has 0 N–H and O–H groups in total. The van der Waals surface area contributed by atoms with Crippen molar-refractivity contribution >= 4 is 34.8 Å². The average molecular weight is 473 g/mol. The van der Waals surface area contributed by atoms with Crippen molar-refractivity contribution in [1.82, 2.24) is 4.90 Å². The average Bonchev–Trinajstić information content (AvgIpc) is 3.17. The first kappa shape index (κ1) is 23.4. The van der Waals surface area contributed by atoms with Crippen molar-refractivity contribution in [2.24, 2.45) is 11.1 Å². The molecule has 2 aromatic rings. The predicted octanol–water partition coefficient (Wildman–Crippen LogP) is 6.19. The molecule has 31 heavy (non-hydrogen) atoms. The lowest BCUT2D eigenvalue weighted by atomic mass is 10.0. The summed E-state index contributed by atoms with van der Waals surface area (Å²) in [6.07, 6.45) is -4.43. The van der Waals surface area contributed by atoms with Gasteiger partial charge in [0.15, 0.2) is 6.10 Å². The lowest BCUT2D eigenvalue weighted by Gasteiger charge is -2.27. The first-order valence-electron chi connectivity index (χ1n) is 9.67. The number of alkyl halides is 3. The highest BCUT2D eigenvalue weighted by Gasteiger charge is 2.31. The fraction of sp³-hybridized carbons (Fsp3) is 0.364. The van der Waals surface area contributed by atoms with E-state index in [4.69, 9.17) is 28.0 Å². The summed E-state index contributed by atoms with van der Waals surface area (Å²) < 4.78 is 39.1. The van der Waals surface area contributed by atoms with Crippen LogP contribution in [0.3, 0.4) is 0 Å². The van der Waals surface area contributed by atoms with Crippen molar-refractivity contribution in [1.29, 1.82) is 0 Å². The summed E-state index contributed by atoms with van der Waals surface area (Å²) in [7, 11) is 0. The molecule has 3 rings (SSSR count). The highest BCUT2D eigenvalue weighted by molar-refractivity contribution is 6.42. The van der Waals surface area contributed by atoms with Crippen LogP contribution in [0, 0.1) is 5.92 Å². The summed E-state index contributed by atoms with van der Waals surface area (Å²) >= 11 is 12.0. The van der Waals surface area contributed by atoms with Crippen molar-refractivity contribution in [2.75, 3.05) is 6.54 Å². The molecule has 4 nitrogen and oxygen atoms in total. The lowest BCUT2D eigenvalue weighted by Crippen LogP contribution is -2.39. The Morgan fingerprint density at radius 1 is 1.19 bits per heavy atom. The Bertz CT molecular complexity index is 993. The summed E-state index contributed by atoms with van der Waals surface area (Å²) in [5, 5.41) is 4.92. The molecular weight excluding hydrogens is 452 g/mol. The summed E-state index contributed by atoms with van der Waals surface area (Å²) in [5.74, 6) is -0.494. The predicted molar refractivity (Wildman–Crippen MR) is 114 cm³/mol. The summed E-state index contributed by atoms with van der Waals surface area (Å²) in [6, 6.07) is 10.1. The van der Waals surface area contributed by atoms with Crippen LogP contribution in [0.5, 0.6) is 0 Å². The largest absolute Gasteiger partial charge is 0.416 e. The molecule has 166 valence electrons. The van der Waals surface area contributed by atoms with E-state index in [1.165, 1.54) is 11.0 Å². The molecule has 0 unspecified atom stereocenters. The van der Waals surface area contributed by atoms with E-state index in [2.05, 4.69) is 5.16 Å². The molecule has 0 aromatic heterocycles.